The predicted molar refractivity (Wildman–Crippen MR) is 143 cm³/mol. The van der Waals surface area contributed by atoms with Gasteiger partial charge in [0.1, 0.15) is 18.2 Å². The Labute approximate surface area is 218 Å². The van der Waals surface area contributed by atoms with Gasteiger partial charge in [-0.1, -0.05) is 60.1 Å². The zero-order valence-corrected chi connectivity index (χ0v) is 21.8. The Kier molecular flexibility index (Phi) is 9.37. The van der Waals surface area contributed by atoms with Gasteiger partial charge in [0.05, 0.1) is 16.2 Å². The number of nitriles is 1. The first-order valence-corrected chi connectivity index (χ1v) is 12.2. The largest absolute Gasteiger partial charge is 0.490 e. The molecule has 0 aliphatic carbocycles. The molecule has 3 aromatic rings. The summed E-state index contributed by atoms with van der Waals surface area (Å²) in [6, 6.07) is 22.5. The smallest absolute Gasteiger partial charge is 0.262 e. The van der Waals surface area contributed by atoms with Gasteiger partial charge in [-0.2, -0.15) is 5.26 Å². The summed E-state index contributed by atoms with van der Waals surface area (Å²) in [5.74, 6) is 0.675. The van der Waals surface area contributed by atoms with E-state index in [0.29, 0.717) is 28.7 Å². The number of hydrogen-bond acceptors (Lipinski definition) is 4. The molecule has 3 rings (SSSR count). The molecule has 0 heterocycles. The van der Waals surface area contributed by atoms with Crippen LogP contribution < -0.4 is 14.8 Å². The lowest BCUT2D eigenvalue weighted by Crippen LogP contribution is -2.27. The second kappa shape index (κ2) is 12.4. The average molecular weight is 587 g/mol. The molecule has 174 valence electrons. The minimum absolute atomic E-state index is 0.00534. The maximum Gasteiger partial charge on any atom is 0.262 e. The molecule has 0 saturated carbocycles. The molecule has 0 radical (unpaired) electrons. The van der Waals surface area contributed by atoms with Gasteiger partial charge in [0.15, 0.2) is 11.5 Å². The van der Waals surface area contributed by atoms with Crippen LogP contribution in [0.25, 0.3) is 6.08 Å². The number of carbonyl (C=O) groups is 1. The third-order valence-electron chi connectivity index (χ3n) is 4.98. The van der Waals surface area contributed by atoms with Crippen molar-refractivity contribution in [1.29, 1.82) is 5.26 Å². The highest BCUT2D eigenvalue weighted by Gasteiger charge is 2.16. The van der Waals surface area contributed by atoms with E-state index in [-0.39, 0.29) is 18.2 Å². The molecule has 0 bridgehead atoms. The summed E-state index contributed by atoms with van der Waals surface area (Å²) in [6.07, 6.45) is 1.55. The van der Waals surface area contributed by atoms with Crippen molar-refractivity contribution in [3.05, 3.63) is 97.6 Å². The molecule has 1 N–H and O–H groups in total. The second-order valence-corrected chi connectivity index (χ2v) is 8.99. The van der Waals surface area contributed by atoms with Crippen molar-refractivity contribution in [3.8, 4) is 17.6 Å². The molecule has 0 unspecified atom stereocenters. The molecule has 1 atom stereocenters. The lowest BCUT2D eigenvalue weighted by Gasteiger charge is -2.16. The fourth-order valence-corrected chi connectivity index (χ4v) is 4.23. The molecule has 5 nitrogen and oxygen atoms in total. The number of rotatable bonds is 9. The SMILES string of the molecule is CCOc1cc(/C=C(/C#N)C(=O)N[C@H](C)c2ccccc2)cc(I)c1OCc1ccccc1Cl. The molecular formula is C27H24ClIN2O3. The Morgan fingerprint density at radius 1 is 1.15 bits per heavy atom. The molecule has 0 spiro atoms. The molecule has 34 heavy (non-hydrogen) atoms. The molecule has 1 amide bonds. The first-order valence-electron chi connectivity index (χ1n) is 10.7. The van der Waals surface area contributed by atoms with Crippen molar-refractivity contribution in [1.82, 2.24) is 5.32 Å². The summed E-state index contributed by atoms with van der Waals surface area (Å²) >= 11 is 8.40. The van der Waals surface area contributed by atoms with Gasteiger partial charge in [-0.15, -0.1) is 0 Å². The van der Waals surface area contributed by atoms with E-state index < -0.39 is 5.91 Å². The molecule has 0 aliphatic heterocycles. The van der Waals surface area contributed by atoms with Gasteiger partial charge in [0, 0.05) is 10.6 Å². The number of benzene rings is 3. The maximum absolute atomic E-state index is 12.7. The van der Waals surface area contributed by atoms with Crippen LogP contribution in [0.5, 0.6) is 11.5 Å². The lowest BCUT2D eigenvalue weighted by atomic mass is 10.1. The molecule has 0 aliphatic rings. The summed E-state index contributed by atoms with van der Waals surface area (Å²) in [5.41, 5.74) is 2.49. The highest BCUT2D eigenvalue weighted by Crippen LogP contribution is 2.36. The van der Waals surface area contributed by atoms with Gasteiger partial charge in [-0.25, -0.2) is 0 Å². The zero-order chi connectivity index (χ0) is 24.5. The van der Waals surface area contributed by atoms with Crippen molar-refractivity contribution in [2.45, 2.75) is 26.5 Å². The monoisotopic (exact) mass is 586 g/mol. The van der Waals surface area contributed by atoms with Crippen molar-refractivity contribution >= 4 is 46.2 Å². The fraction of sp³-hybridized carbons (Fsp3) is 0.185. The molecular weight excluding hydrogens is 563 g/mol. The van der Waals surface area contributed by atoms with Crippen LogP contribution in [0.4, 0.5) is 0 Å². The lowest BCUT2D eigenvalue weighted by molar-refractivity contribution is -0.117. The Balaban J connectivity index is 1.83. The summed E-state index contributed by atoms with van der Waals surface area (Å²) in [4.78, 5) is 12.7. The predicted octanol–water partition coefficient (Wildman–Crippen LogP) is 6.71. The van der Waals surface area contributed by atoms with Crippen LogP contribution in [-0.2, 0) is 11.4 Å². The van der Waals surface area contributed by atoms with Crippen LogP contribution >= 0.6 is 34.2 Å². The third-order valence-corrected chi connectivity index (χ3v) is 6.15. The zero-order valence-electron chi connectivity index (χ0n) is 18.8. The minimum atomic E-state index is -0.439. The number of nitrogens with zero attached hydrogens (tertiary/aromatic N) is 1. The number of nitrogens with one attached hydrogen (secondary N) is 1. The van der Waals surface area contributed by atoms with Gasteiger partial charge in [-0.3, -0.25) is 4.79 Å². The van der Waals surface area contributed by atoms with Crippen molar-refractivity contribution in [3.63, 3.8) is 0 Å². The van der Waals surface area contributed by atoms with E-state index in [0.717, 1.165) is 14.7 Å². The summed E-state index contributed by atoms with van der Waals surface area (Å²) in [6.45, 7) is 4.48. The van der Waals surface area contributed by atoms with Gasteiger partial charge in [-0.05, 0) is 71.8 Å². The van der Waals surface area contributed by atoms with E-state index in [9.17, 15) is 10.1 Å². The van der Waals surface area contributed by atoms with Crippen molar-refractivity contribution in [2.24, 2.45) is 0 Å². The Morgan fingerprint density at radius 3 is 2.53 bits per heavy atom. The normalized spacial score (nSPS) is 11.9. The number of amides is 1. The van der Waals surface area contributed by atoms with Crippen LogP contribution in [0.2, 0.25) is 5.02 Å². The molecule has 0 fully saturated rings. The highest BCUT2D eigenvalue weighted by molar-refractivity contribution is 14.1. The van der Waals surface area contributed by atoms with Crippen LogP contribution in [0.15, 0.2) is 72.3 Å². The van der Waals surface area contributed by atoms with Crippen molar-refractivity contribution in [2.75, 3.05) is 6.61 Å². The van der Waals surface area contributed by atoms with Gasteiger partial charge >= 0.3 is 0 Å². The van der Waals surface area contributed by atoms with Crippen molar-refractivity contribution < 1.29 is 14.3 Å². The second-order valence-electron chi connectivity index (χ2n) is 7.42. The molecule has 7 heteroatoms. The first-order chi connectivity index (χ1) is 16.4. The standard InChI is InChI=1S/C27H24ClIN2O3/c1-3-33-25-15-19(14-24(29)26(25)34-17-21-11-7-8-12-23(21)28)13-22(16-30)27(32)31-18(2)20-9-5-4-6-10-20/h4-15,18H,3,17H2,1-2H3,(H,31,32)/b22-13-/t18-/m1/s1. The van der Waals surface area contributed by atoms with E-state index in [4.69, 9.17) is 21.1 Å². The Bertz CT molecular complexity index is 1220. The molecule has 3 aromatic carbocycles. The summed E-state index contributed by atoms with van der Waals surface area (Å²) < 4.78 is 12.6. The topological polar surface area (TPSA) is 71.3 Å². The minimum Gasteiger partial charge on any atom is -0.490 e. The van der Waals surface area contributed by atoms with Crippen LogP contribution in [0, 0.1) is 14.9 Å². The number of carbonyl (C=O) groups excluding carboxylic acids is 1. The quantitative estimate of drug-likeness (QED) is 0.172. The van der Waals surface area contributed by atoms with E-state index in [1.54, 1.807) is 12.1 Å². The van der Waals surface area contributed by atoms with E-state index in [1.165, 1.54) is 0 Å². The van der Waals surface area contributed by atoms with Gasteiger partial charge in [0.2, 0.25) is 0 Å². The fourth-order valence-electron chi connectivity index (χ4n) is 3.25. The van der Waals surface area contributed by atoms with Gasteiger partial charge < -0.3 is 14.8 Å². The van der Waals surface area contributed by atoms with Crippen LogP contribution in [0.1, 0.15) is 36.6 Å². The first kappa shape index (κ1) is 25.6. The van der Waals surface area contributed by atoms with E-state index >= 15 is 0 Å². The van der Waals surface area contributed by atoms with E-state index in [2.05, 4.69) is 27.9 Å². The summed E-state index contributed by atoms with van der Waals surface area (Å²) in [7, 11) is 0. The maximum atomic E-state index is 12.7. The third kappa shape index (κ3) is 6.75. The number of ether oxygens (including phenoxy) is 2. The summed E-state index contributed by atoms with van der Waals surface area (Å²) in [5, 5.41) is 13.1. The van der Waals surface area contributed by atoms with Crippen LogP contribution in [0.3, 0.4) is 0 Å². The van der Waals surface area contributed by atoms with Gasteiger partial charge in [0.25, 0.3) is 5.91 Å². The molecule has 0 aromatic heterocycles. The highest BCUT2D eigenvalue weighted by atomic mass is 127. The van der Waals surface area contributed by atoms with Crippen LogP contribution in [-0.4, -0.2) is 12.5 Å². The molecule has 0 saturated heterocycles. The number of hydrogen-bond donors (Lipinski definition) is 1. The Hall–Kier alpha value is -3.02. The van der Waals surface area contributed by atoms with E-state index in [1.807, 2.05) is 80.6 Å². The average Bonchev–Trinajstić information content (AvgIpc) is 2.83. The number of halogens is 2. The Morgan fingerprint density at radius 2 is 1.85 bits per heavy atom.